The SMILES string of the molecule is CC1=CCCN(C(=O)c2ccc(I)cc2)C1. The highest BCUT2D eigenvalue weighted by atomic mass is 127. The van der Waals surface area contributed by atoms with Crippen molar-refractivity contribution in [2.45, 2.75) is 13.3 Å². The molecule has 0 saturated heterocycles. The van der Waals surface area contributed by atoms with E-state index in [1.165, 1.54) is 5.57 Å². The fourth-order valence-electron chi connectivity index (χ4n) is 1.86. The lowest BCUT2D eigenvalue weighted by atomic mass is 10.1. The molecular formula is C13H14INO. The first-order valence-electron chi connectivity index (χ1n) is 5.37. The molecule has 2 rings (SSSR count). The molecule has 0 atom stereocenters. The van der Waals surface area contributed by atoms with Crippen LogP contribution >= 0.6 is 22.6 Å². The van der Waals surface area contributed by atoms with Gasteiger partial charge in [-0.3, -0.25) is 4.79 Å². The fourth-order valence-corrected chi connectivity index (χ4v) is 2.22. The summed E-state index contributed by atoms with van der Waals surface area (Å²) in [5, 5.41) is 0. The van der Waals surface area contributed by atoms with Crippen molar-refractivity contribution >= 4 is 28.5 Å². The van der Waals surface area contributed by atoms with Gasteiger partial charge in [-0.05, 0) is 60.2 Å². The van der Waals surface area contributed by atoms with E-state index in [1.807, 2.05) is 29.2 Å². The molecule has 0 fully saturated rings. The Bertz CT molecular complexity index is 422. The average Bonchev–Trinajstić information content (AvgIpc) is 2.29. The van der Waals surface area contributed by atoms with E-state index in [1.54, 1.807) is 0 Å². The van der Waals surface area contributed by atoms with E-state index >= 15 is 0 Å². The smallest absolute Gasteiger partial charge is 0.254 e. The summed E-state index contributed by atoms with van der Waals surface area (Å²) in [6.45, 7) is 3.68. The van der Waals surface area contributed by atoms with Crippen LogP contribution in [0.3, 0.4) is 0 Å². The molecule has 16 heavy (non-hydrogen) atoms. The molecule has 0 aromatic heterocycles. The van der Waals surface area contributed by atoms with Crippen LogP contribution in [0, 0.1) is 3.57 Å². The Balaban J connectivity index is 2.13. The molecule has 0 bridgehead atoms. The molecule has 0 aliphatic carbocycles. The van der Waals surface area contributed by atoms with Crippen molar-refractivity contribution in [2.75, 3.05) is 13.1 Å². The van der Waals surface area contributed by atoms with E-state index in [0.29, 0.717) is 0 Å². The van der Waals surface area contributed by atoms with Crippen molar-refractivity contribution in [1.82, 2.24) is 4.90 Å². The van der Waals surface area contributed by atoms with Crippen LogP contribution < -0.4 is 0 Å². The van der Waals surface area contributed by atoms with Crippen LogP contribution in [0.5, 0.6) is 0 Å². The predicted octanol–water partition coefficient (Wildman–Crippen LogP) is 3.08. The topological polar surface area (TPSA) is 20.3 Å². The zero-order valence-electron chi connectivity index (χ0n) is 9.24. The quantitative estimate of drug-likeness (QED) is 0.573. The van der Waals surface area contributed by atoms with Gasteiger partial charge in [0.25, 0.3) is 5.91 Å². The van der Waals surface area contributed by atoms with Gasteiger partial charge in [0, 0.05) is 22.2 Å². The molecule has 1 heterocycles. The number of amides is 1. The Kier molecular flexibility index (Phi) is 3.63. The first-order valence-corrected chi connectivity index (χ1v) is 6.45. The van der Waals surface area contributed by atoms with Gasteiger partial charge in [-0.1, -0.05) is 11.6 Å². The molecule has 1 amide bonds. The number of carbonyl (C=O) groups is 1. The van der Waals surface area contributed by atoms with Crippen LogP contribution in [0.2, 0.25) is 0 Å². The number of halogens is 1. The molecular weight excluding hydrogens is 313 g/mol. The van der Waals surface area contributed by atoms with E-state index in [9.17, 15) is 4.79 Å². The summed E-state index contributed by atoms with van der Waals surface area (Å²) < 4.78 is 1.16. The third-order valence-electron chi connectivity index (χ3n) is 2.71. The number of hydrogen-bond donors (Lipinski definition) is 0. The van der Waals surface area contributed by atoms with Crippen molar-refractivity contribution in [3.05, 3.63) is 45.0 Å². The lowest BCUT2D eigenvalue weighted by molar-refractivity contribution is 0.0766. The monoisotopic (exact) mass is 327 g/mol. The Morgan fingerprint density at radius 2 is 2.00 bits per heavy atom. The van der Waals surface area contributed by atoms with Crippen molar-refractivity contribution in [2.24, 2.45) is 0 Å². The minimum absolute atomic E-state index is 0.142. The first kappa shape index (κ1) is 11.6. The second-order valence-electron chi connectivity index (χ2n) is 4.07. The summed E-state index contributed by atoms with van der Waals surface area (Å²) in [4.78, 5) is 14.1. The van der Waals surface area contributed by atoms with Gasteiger partial charge >= 0.3 is 0 Å². The summed E-state index contributed by atoms with van der Waals surface area (Å²) in [5.74, 6) is 0.142. The second-order valence-corrected chi connectivity index (χ2v) is 5.32. The van der Waals surface area contributed by atoms with Crippen LogP contribution in [0.25, 0.3) is 0 Å². The maximum atomic E-state index is 12.2. The van der Waals surface area contributed by atoms with Crippen LogP contribution in [0.4, 0.5) is 0 Å². The van der Waals surface area contributed by atoms with Gasteiger partial charge < -0.3 is 4.90 Å². The third-order valence-corrected chi connectivity index (χ3v) is 3.43. The summed E-state index contributed by atoms with van der Waals surface area (Å²) in [5.41, 5.74) is 2.07. The minimum Gasteiger partial charge on any atom is -0.334 e. The zero-order valence-corrected chi connectivity index (χ0v) is 11.4. The molecule has 1 aliphatic rings. The summed E-state index contributed by atoms with van der Waals surface area (Å²) in [6, 6.07) is 7.75. The summed E-state index contributed by atoms with van der Waals surface area (Å²) in [6.07, 6.45) is 3.18. The van der Waals surface area contributed by atoms with Gasteiger partial charge in [0.15, 0.2) is 0 Å². The lowest BCUT2D eigenvalue weighted by Crippen LogP contribution is -2.35. The second kappa shape index (κ2) is 4.99. The van der Waals surface area contributed by atoms with E-state index in [4.69, 9.17) is 0 Å². The normalized spacial score (nSPS) is 15.9. The highest BCUT2D eigenvalue weighted by Gasteiger charge is 2.17. The van der Waals surface area contributed by atoms with Crippen LogP contribution in [-0.4, -0.2) is 23.9 Å². The van der Waals surface area contributed by atoms with Gasteiger partial charge in [0.05, 0.1) is 0 Å². The number of rotatable bonds is 1. The van der Waals surface area contributed by atoms with Gasteiger partial charge in [-0.2, -0.15) is 0 Å². The molecule has 2 nitrogen and oxygen atoms in total. The molecule has 1 aliphatic heterocycles. The fraction of sp³-hybridized carbons (Fsp3) is 0.308. The van der Waals surface area contributed by atoms with Crippen molar-refractivity contribution in [3.63, 3.8) is 0 Å². The van der Waals surface area contributed by atoms with E-state index in [-0.39, 0.29) is 5.91 Å². The van der Waals surface area contributed by atoms with Crippen LogP contribution in [0.15, 0.2) is 35.9 Å². The van der Waals surface area contributed by atoms with Crippen LogP contribution in [-0.2, 0) is 0 Å². The summed E-state index contributed by atoms with van der Waals surface area (Å²) in [7, 11) is 0. The predicted molar refractivity (Wildman–Crippen MR) is 73.4 cm³/mol. The lowest BCUT2D eigenvalue weighted by Gasteiger charge is -2.26. The molecule has 3 heteroatoms. The molecule has 1 aromatic rings. The number of hydrogen-bond acceptors (Lipinski definition) is 1. The van der Waals surface area contributed by atoms with Crippen molar-refractivity contribution in [1.29, 1.82) is 0 Å². The molecule has 1 aromatic carbocycles. The van der Waals surface area contributed by atoms with E-state index in [0.717, 1.165) is 28.6 Å². The molecule has 0 radical (unpaired) electrons. The van der Waals surface area contributed by atoms with E-state index in [2.05, 4.69) is 35.6 Å². The van der Waals surface area contributed by atoms with Gasteiger partial charge in [0.1, 0.15) is 0 Å². The third kappa shape index (κ3) is 2.64. The Labute approximate surface area is 109 Å². The summed E-state index contributed by atoms with van der Waals surface area (Å²) >= 11 is 2.24. The Hall–Kier alpha value is -0.840. The molecule has 0 N–H and O–H groups in total. The zero-order chi connectivity index (χ0) is 11.5. The van der Waals surface area contributed by atoms with Crippen molar-refractivity contribution in [3.8, 4) is 0 Å². The van der Waals surface area contributed by atoms with Gasteiger partial charge in [-0.25, -0.2) is 0 Å². The molecule has 0 unspecified atom stereocenters. The average molecular weight is 327 g/mol. The standard InChI is InChI=1S/C13H14INO/c1-10-3-2-8-15(9-10)13(16)11-4-6-12(14)7-5-11/h3-7H,2,8-9H2,1H3. The van der Waals surface area contributed by atoms with Gasteiger partial charge in [0.2, 0.25) is 0 Å². The maximum Gasteiger partial charge on any atom is 0.254 e. The minimum atomic E-state index is 0.142. The maximum absolute atomic E-state index is 12.2. The molecule has 84 valence electrons. The Morgan fingerprint density at radius 3 is 2.62 bits per heavy atom. The molecule has 0 saturated carbocycles. The van der Waals surface area contributed by atoms with Gasteiger partial charge in [-0.15, -0.1) is 0 Å². The number of benzene rings is 1. The van der Waals surface area contributed by atoms with Crippen molar-refractivity contribution < 1.29 is 4.79 Å². The number of nitrogens with zero attached hydrogens (tertiary/aromatic N) is 1. The highest BCUT2D eigenvalue weighted by Crippen LogP contribution is 2.14. The Morgan fingerprint density at radius 1 is 1.31 bits per heavy atom. The van der Waals surface area contributed by atoms with E-state index < -0.39 is 0 Å². The highest BCUT2D eigenvalue weighted by molar-refractivity contribution is 14.1. The van der Waals surface area contributed by atoms with Crippen LogP contribution in [0.1, 0.15) is 23.7 Å². The molecule has 0 spiro atoms. The first-order chi connectivity index (χ1) is 7.66. The number of carbonyl (C=O) groups excluding carboxylic acids is 1. The largest absolute Gasteiger partial charge is 0.334 e.